The first-order chi connectivity index (χ1) is 9.67. The quantitative estimate of drug-likeness (QED) is 0.646. The topological polar surface area (TPSA) is 64.3 Å². The van der Waals surface area contributed by atoms with Crippen LogP contribution in [0, 0.1) is 0 Å². The molecule has 112 valence electrons. The monoisotopic (exact) mass is 296 g/mol. The number of likely N-dealkylation sites (N-methyl/N-ethyl adjacent to an activating group) is 1. The van der Waals surface area contributed by atoms with Gasteiger partial charge in [-0.05, 0) is 24.3 Å². The number of thioether (sulfide) groups is 1. The summed E-state index contributed by atoms with van der Waals surface area (Å²) in [6.07, 6.45) is 0.675. The molecule has 0 aliphatic heterocycles. The summed E-state index contributed by atoms with van der Waals surface area (Å²) in [5.41, 5.74) is 5.85. The molecule has 1 unspecified atom stereocenters. The molecule has 1 rings (SSSR count). The Balaban J connectivity index is 2.81. The van der Waals surface area contributed by atoms with Crippen LogP contribution in [0.5, 0.6) is 0 Å². The lowest BCUT2D eigenvalue weighted by Crippen LogP contribution is -2.53. The molecule has 1 atom stereocenters. The maximum atomic E-state index is 12.1. The Bertz CT molecular complexity index is 400. The van der Waals surface area contributed by atoms with Crippen molar-refractivity contribution < 1.29 is 9.53 Å². The Kier molecular flexibility index (Phi) is 7.65. The van der Waals surface area contributed by atoms with Gasteiger partial charge in [0.25, 0.3) is 0 Å². The van der Waals surface area contributed by atoms with Gasteiger partial charge in [0.05, 0.1) is 6.61 Å². The first-order valence-corrected chi connectivity index (χ1v) is 8.00. The van der Waals surface area contributed by atoms with Crippen molar-refractivity contribution in [2.45, 2.75) is 18.9 Å². The van der Waals surface area contributed by atoms with E-state index in [0.29, 0.717) is 13.0 Å². The fourth-order valence-electron chi connectivity index (χ4n) is 2.18. The van der Waals surface area contributed by atoms with Crippen LogP contribution in [-0.4, -0.2) is 37.7 Å². The summed E-state index contributed by atoms with van der Waals surface area (Å²) in [4.78, 5) is 12.1. The molecule has 0 aromatic heterocycles. The molecular weight excluding hydrogens is 272 g/mol. The van der Waals surface area contributed by atoms with Gasteiger partial charge in [0, 0.05) is 12.9 Å². The molecule has 0 spiro atoms. The molecule has 0 radical (unpaired) electrons. The molecule has 0 heterocycles. The third-order valence-corrected chi connectivity index (χ3v) is 4.17. The molecule has 0 fully saturated rings. The Morgan fingerprint density at radius 2 is 2.05 bits per heavy atom. The Morgan fingerprint density at radius 3 is 2.60 bits per heavy atom. The van der Waals surface area contributed by atoms with E-state index in [4.69, 9.17) is 10.5 Å². The molecule has 3 N–H and O–H groups in total. The van der Waals surface area contributed by atoms with Crippen molar-refractivity contribution in [3.8, 4) is 0 Å². The summed E-state index contributed by atoms with van der Waals surface area (Å²) >= 11 is 1.77. The van der Waals surface area contributed by atoms with E-state index in [1.54, 1.807) is 18.9 Å². The first kappa shape index (κ1) is 17.0. The number of primary amides is 1. The Morgan fingerprint density at radius 1 is 1.35 bits per heavy atom. The number of benzene rings is 1. The summed E-state index contributed by atoms with van der Waals surface area (Å²) in [6, 6.07) is 9.71. The van der Waals surface area contributed by atoms with Gasteiger partial charge in [-0.15, -0.1) is 0 Å². The molecule has 0 bridgehead atoms. The van der Waals surface area contributed by atoms with Crippen molar-refractivity contribution in [1.82, 2.24) is 5.32 Å². The molecule has 20 heavy (non-hydrogen) atoms. The minimum absolute atomic E-state index is 0.321. The number of rotatable bonds is 10. The van der Waals surface area contributed by atoms with Gasteiger partial charge in [0.2, 0.25) is 5.91 Å². The van der Waals surface area contributed by atoms with Crippen molar-refractivity contribution >= 4 is 17.7 Å². The predicted octanol–water partition coefficient (Wildman–Crippen LogP) is 1.75. The fraction of sp³-hybridized carbons (Fsp3) is 0.533. The minimum Gasteiger partial charge on any atom is -0.384 e. The van der Waals surface area contributed by atoms with Crippen LogP contribution in [0.3, 0.4) is 0 Å². The predicted molar refractivity (Wildman–Crippen MR) is 84.8 cm³/mol. The van der Waals surface area contributed by atoms with Crippen LogP contribution in [0.15, 0.2) is 30.3 Å². The summed E-state index contributed by atoms with van der Waals surface area (Å²) in [6.45, 7) is 3.40. The number of ether oxygens (including phenoxy) is 1. The van der Waals surface area contributed by atoms with Crippen molar-refractivity contribution in [1.29, 1.82) is 0 Å². The van der Waals surface area contributed by atoms with Crippen molar-refractivity contribution in [2.75, 3.05) is 31.8 Å². The number of methoxy groups -OCH3 is 1. The summed E-state index contributed by atoms with van der Waals surface area (Å²) < 4.78 is 5.03. The number of hydrogen-bond acceptors (Lipinski definition) is 4. The van der Waals surface area contributed by atoms with E-state index in [2.05, 4.69) is 5.32 Å². The maximum absolute atomic E-state index is 12.1. The van der Waals surface area contributed by atoms with Gasteiger partial charge in [-0.2, -0.15) is 11.8 Å². The second-order valence-electron chi connectivity index (χ2n) is 4.52. The van der Waals surface area contributed by atoms with Crippen molar-refractivity contribution in [2.24, 2.45) is 5.73 Å². The highest BCUT2D eigenvalue weighted by Crippen LogP contribution is 2.26. The van der Waals surface area contributed by atoms with Crippen LogP contribution in [0.25, 0.3) is 0 Å². The van der Waals surface area contributed by atoms with E-state index >= 15 is 0 Å². The second-order valence-corrected chi connectivity index (χ2v) is 5.75. The number of carbonyl (C=O) groups is 1. The summed E-state index contributed by atoms with van der Waals surface area (Å²) in [7, 11) is 1.69. The van der Waals surface area contributed by atoms with E-state index < -0.39 is 5.54 Å². The summed E-state index contributed by atoms with van der Waals surface area (Å²) in [5, 5.41) is 3.28. The highest BCUT2D eigenvalue weighted by molar-refractivity contribution is 7.99. The lowest BCUT2D eigenvalue weighted by molar-refractivity contribution is -0.124. The minimum atomic E-state index is -0.782. The van der Waals surface area contributed by atoms with E-state index in [0.717, 1.165) is 23.7 Å². The lowest BCUT2D eigenvalue weighted by atomic mass is 9.86. The highest BCUT2D eigenvalue weighted by atomic mass is 32.2. The average Bonchev–Trinajstić information content (AvgIpc) is 2.46. The zero-order valence-electron chi connectivity index (χ0n) is 12.2. The van der Waals surface area contributed by atoms with Crippen LogP contribution in [0.1, 0.15) is 18.9 Å². The molecule has 5 heteroatoms. The van der Waals surface area contributed by atoms with Crippen LogP contribution in [0.4, 0.5) is 0 Å². The summed E-state index contributed by atoms with van der Waals surface area (Å²) in [5.74, 6) is 1.46. The van der Waals surface area contributed by atoms with Crippen molar-refractivity contribution in [3.63, 3.8) is 0 Å². The zero-order chi connectivity index (χ0) is 14.8. The third kappa shape index (κ3) is 4.51. The van der Waals surface area contributed by atoms with E-state index in [9.17, 15) is 4.79 Å². The van der Waals surface area contributed by atoms with E-state index in [1.165, 1.54) is 0 Å². The molecular formula is C15H24N2O2S. The van der Waals surface area contributed by atoms with Crippen LogP contribution >= 0.6 is 11.8 Å². The van der Waals surface area contributed by atoms with Gasteiger partial charge < -0.3 is 10.5 Å². The maximum Gasteiger partial charge on any atom is 0.242 e. The average molecular weight is 296 g/mol. The van der Waals surface area contributed by atoms with Gasteiger partial charge in [0.15, 0.2) is 0 Å². The fourth-order valence-corrected chi connectivity index (χ4v) is 3.12. The van der Waals surface area contributed by atoms with Crippen molar-refractivity contribution in [3.05, 3.63) is 35.9 Å². The molecule has 4 nitrogen and oxygen atoms in total. The van der Waals surface area contributed by atoms with Crippen LogP contribution < -0.4 is 11.1 Å². The smallest absolute Gasteiger partial charge is 0.242 e. The number of carbonyl (C=O) groups excluding carboxylic acids is 1. The Hall–Kier alpha value is -1.04. The van der Waals surface area contributed by atoms with Crippen LogP contribution in [-0.2, 0) is 15.1 Å². The second kappa shape index (κ2) is 9.00. The molecule has 1 aromatic carbocycles. The highest BCUT2D eigenvalue weighted by Gasteiger charge is 2.36. The normalized spacial score (nSPS) is 13.9. The largest absolute Gasteiger partial charge is 0.384 e. The zero-order valence-corrected chi connectivity index (χ0v) is 13.0. The van der Waals surface area contributed by atoms with Gasteiger partial charge in [0.1, 0.15) is 5.54 Å². The number of amides is 1. The lowest BCUT2D eigenvalue weighted by Gasteiger charge is -2.32. The van der Waals surface area contributed by atoms with E-state index in [1.807, 2.05) is 37.3 Å². The number of hydrogen-bond donors (Lipinski definition) is 2. The van der Waals surface area contributed by atoms with E-state index in [-0.39, 0.29) is 5.91 Å². The molecule has 0 saturated carbocycles. The van der Waals surface area contributed by atoms with Gasteiger partial charge in [-0.3, -0.25) is 10.1 Å². The molecule has 1 amide bonds. The molecule has 0 aliphatic rings. The third-order valence-electron chi connectivity index (χ3n) is 3.22. The SMILES string of the molecule is CCNC(CCSCCOC)(C(N)=O)c1ccccc1. The van der Waals surface area contributed by atoms with Crippen LogP contribution in [0.2, 0.25) is 0 Å². The van der Waals surface area contributed by atoms with Gasteiger partial charge in [-0.25, -0.2) is 0 Å². The molecule has 0 aliphatic carbocycles. The standard InChI is InChI=1S/C15H24N2O2S/c1-3-17-15(14(16)18,9-11-20-12-10-19-2)13-7-5-4-6-8-13/h4-8,17H,3,9-12H2,1-2H3,(H2,16,18). The number of nitrogens with one attached hydrogen (secondary N) is 1. The molecule has 0 saturated heterocycles. The number of nitrogens with two attached hydrogens (primary N) is 1. The Labute approximate surface area is 125 Å². The van der Waals surface area contributed by atoms with Gasteiger partial charge >= 0.3 is 0 Å². The first-order valence-electron chi connectivity index (χ1n) is 6.84. The van der Waals surface area contributed by atoms with Gasteiger partial charge in [-0.1, -0.05) is 37.3 Å². The molecule has 1 aromatic rings.